The van der Waals surface area contributed by atoms with Gasteiger partial charge in [-0.15, -0.1) is 11.3 Å². The summed E-state index contributed by atoms with van der Waals surface area (Å²) in [5.41, 5.74) is 0. The minimum absolute atomic E-state index is 0.00111. The molecule has 1 rings (SSSR count). The molecule has 1 atom stereocenters. The summed E-state index contributed by atoms with van der Waals surface area (Å²) in [5.74, 6) is 0.00111. The summed E-state index contributed by atoms with van der Waals surface area (Å²) >= 11 is 5.08. The number of hydrogen-bond acceptors (Lipinski definition) is 3. The first-order chi connectivity index (χ1) is 7.21. The third-order valence-corrected chi connectivity index (χ3v) is 4.17. The lowest BCUT2D eigenvalue weighted by Crippen LogP contribution is -2.27. The summed E-state index contributed by atoms with van der Waals surface area (Å²) in [6, 6.07) is 6.42. The number of rotatable bonds is 5. The van der Waals surface area contributed by atoms with E-state index in [-0.39, 0.29) is 5.92 Å². The maximum Gasteiger partial charge on any atom is 0.0932 e. The van der Waals surface area contributed by atoms with Crippen molar-refractivity contribution in [1.29, 1.82) is 5.26 Å². The summed E-state index contributed by atoms with van der Waals surface area (Å²) in [6.45, 7) is 7.09. The second kappa shape index (κ2) is 6.26. The average Bonchev–Trinajstić information content (AvgIpc) is 2.67. The number of thiophene rings is 1. The van der Waals surface area contributed by atoms with E-state index in [4.69, 9.17) is 5.26 Å². The molecule has 0 aliphatic heterocycles. The van der Waals surface area contributed by atoms with Crippen molar-refractivity contribution >= 4 is 27.3 Å². The maximum absolute atomic E-state index is 9.14. The van der Waals surface area contributed by atoms with Gasteiger partial charge in [-0.25, -0.2) is 0 Å². The predicted molar refractivity (Wildman–Crippen MR) is 68.2 cm³/mol. The van der Waals surface area contributed by atoms with Gasteiger partial charge in [0.25, 0.3) is 0 Å². The van der Waals surface area contributed by atoms with E-state index < -0.39 is 0 Å². The topological polar surface area (TPSA) is 27.0 Å². The van der Waals surface area contributed by atoms with Gasteiger partial charge in [-0.1, -0.05) is 13.8 Å². The smallest absolute Gasteiger partial charge is 0.0932 e. The van der Waals surface area contributed by atoms with Crippen LogP contribution in [0.4, 0.5) is 0 Å². The molecule has 1 unspecified atom stereocenters. The molecule has 0 aliphatic rings. The van der Waals surface area contributed by atoms with E-state index >= 15 is 0 Å². The van der Waals surface area contributed by atoms with Gasteiger partial charge in [0, 0.05) is 11.4 Å². The highest BCUT2D eigenvalue weighted by atomic mass is 79.9. The first kappa shape index (κ1) is 12.7. The molecule has 0 amide bonds. The predicted octanol–water partition coefficient (Wildman–Crippen LogP) is 3.46. The molecule has 4 heteroatoms. The lowest BCUT2D eigenvalue weighted by Gasteiger charge is -2.20. The van der Waals surface area contributed by atoms with Crippen molar-refractivity contribution < 1.29 is 0 Å². The third-order valence-electron chi connectivity index (χ3n) is 2.43. The van der Waals surface area contributed by atoms with Gasteiger partial charge in [0.1, 0.15) is 0 Å². The zero-order chi connectivity index (χ0) is 11.3. The van der Waals surface area contributed by atoms with Gasteiger partial charge in [-0.05, 0) is 41.2 Å². The fourth-order valence-corrected chi connectivity index (χ4v) is 2.91. The van der Waals surface area contributed by atoms with Crippen molar-refractivity contribution in [3.63, 3.8) is 0 Å². The van der Waals surface area contributed by atoms with Crippen LogP contribution in [-0.4, -0.2) is 24.5 Å². The highest BCUT2D eigenvalue weighted by Crippen LogP contribution is 2.28. The minimum Gasteiger partial charge on any atom is -0.302 e. The van der Waals surface area contributed by atoms with Gasteiger partial charge in [0.15, 0.2) is 0 Å². The number of nitrogens with zero attached hydrogens (tertiary/aromatic N) is 2. The van der Waals surface area contributed by atoms with E-state index in [1.807, 2.05) is 12.1 Å². The van der Waals surface area contributed by atoms with Crippen LogP contribution in [0.25, 0.3) is 0 Å². The average molecular weight is 287 g/mol. The normalized spacial score (nSPS) is 12.7. The molecular weight excluding hydrogens is 272 g/mol. The lowest BCUT2D eigenvalue weighted by molar-refractivity contribution is 0.299. The second-order valence-corrected chi connectivity index (χ2v) is 5.80. The van der Waals surface area contributed by atoms with Crippen LogP contribution >= 0.6 is 27.3 Å². The number of likely N-dealkylation sites (N-methyl/N-ethyl adjacent to an activating group) is 1. The van der Waals surface area contributed by atoms with Gasteiger partial charge in [0.05, 0.1) is 15.8 Å². The van der Waals surface area contributed by atoms with Gasteiger partial charge < -0.3 is 4.90 Å². The fourth-order valence-electron chi connectivity index (χ4n) is 1.45. The molecule has 0 radical (unpaired) electrons. The fraction of sp³-hybridized carbons (Fsp3) is 0.545. The van der Waals surface area contributed by atoms with Crippen molar-refractivity contribution in [2.24, 2.45) is 0 Å². The summed E-state index contributed by atoms with van der Waals surface area (Å²) in [4.78, 5) is 3.43. The molecule has 0 aromatic carbocycles. The maximum atomic E-state index is 9.14. The molecule has 0 saturated carbocycles. The highest BCUT2D eigenvalue weighted by molar-refractivity contribution is 9.11. The second-order valence-electron chi connectivity index (χ2n) is 3.31. The Morgan fingerprint density at radius 3 is 2.53 bits per heavy atom. The molecule has 82 valence electrons. The number of nitriles is 1. The van der Waals surface area contributed by atoms with Crippen LogP contribution in [0.2, 0.25) is 0 Å². The van der Waals surface area contributed by atoms with E-state index in [1.54, 1.807) is 11.3 Å². The Hall–Kier alpha value is -0.370. The van der Waals surface area contributed by atoms with Crippen molar-refractivity contribution in [2.45, 2.75) is 19.8 Å². The van der Waals surface area contributed by atoms with Crippen LogP contribution < -0.4 is 0 Å². The van der Waals surface area contributed by atoms with E-state index in [0.717, 1.165) is 28.3 Å². The van der Waals surface area contributed by atoms with Gasteiger partial charge >= 0.3 is 0 Å². The molecule has 2 nitrogen and oxygen atoms in total. The largest absolute Gasteiger partial charge is 0.302 e. The third kappa shape index (κ3) is 3.60. The van der Waals surface area contributed by atoms with Crippen LogP contribution in [0, 0.1) is 11.3 Å². The van der Waals surface area contributed by atoms with Crippen LogP contribution in [-0.2, 0) is 0 Å². The molecule has 0 aliphatic carbocycles. The van der Waals surface area contributed by atoms with E-state index in [1.165, 1.54) is 0 Å². The molecule has 0 saturated heterocycles. The van der Waals surface area contributed by atoms with Gasteiger partial charge in [0.2, 0.25) is 0 Å². The van der Waals surface area contributed by atoms with Crippen LogP contribution in [0.5, 0.6) is 0 Å². The Bertz CT molecular complexity index is 339. The van der Waals surface area contributed by atoms with Crippen LogP contribution in [0.15, 0.2) is 15.9 Å². The van der Waals surface area contributed by atoms with Crippen LogP contribution in [0.1, 0.15) is 24.6 Å². The standard InChI is InChI=1S/C11H15BrN2S/c1-3-14(4-2)8-9(7-13)10-5-6-11(12)15-10/h5-6,9H,3-4,8H2,1-2H3. The molecule has 1 aromatic heterocycles. The quantitative estimate of drug-likeness (QED) is 0.829. The summed E-state index contributed by atoms with van der Waals surface area (Å²) in [5, 5.41) is 9.14. The van der Waals surface area contributed by atoms with Crippen molar-refractivity contribution in [1.82, 2.24) is 4.90 Å². The first-order valence-electron chi connectivity index (χ1n) is 5.08. The molecule has 0 N–H and O–H groups in total. The Labute approximate surface area is 104 Å². The highest BCUT2D eigenvalue weighted by Gasteiger charge is 2.15. The van der Waals surface area contributed by atoms with Gasteiger partial charge in [-0.2, -0.15) is 5.26 Å². The Kier molecular flexibility index (Phi) is 5.30. The van der Waals surface area contributed by atoms with E-state index in [9.17, 15) is 0 Å². The van der Waals surface area contributed by atoms with Gasteiger partial charge in [-0.3, -0.25) is 0 Å². The SMILES string of the molecule is CCN(CC)CC(C#N)c1ccc(Br)s1. The monoisotopic (exact) mass is 286 g/mol. The Morgan fingerprint density at radius 2 is 2.13 bits per heavy atom. The zero-order valence-electron chi connectivity index (χ0n) is 9.03. The molecule has 1 heterocycles. The number of halogens is 1. The Morgan fingerprint density at radius 1 is 1.47 bits per heavy atom. The van der Waals surface area contributed by atoms with Crippen molar-refractivity contribution in [3.8, 4) is 6.07 Å². The molecule has 15 heavy (non-hydrogen) atoms. The van der Waals surface area contributed by atoms with E-state index in [0.29, 0.717) is 0 Å². The molecule has 0 spiro atoms. The minimum atomic E-state index is 0.00111. The zero-order valence-corrected chi connectivity index (χ0v) is 11.4. The molecular formula is C11H15BrN2S. The molecule has 0 bridgehead atoms. The summed E-state index contributed by atoms with van der Waals surface area (Å²) < 4.78 is 1.09. The number of hydrogen-bond donors (Lipinski definition) is 0. The van der Waals surface area contributed by atoms with E-state index in [2.05, 4.69) is 40.7 Å². The van der Waals surface area contributed by atoms with Crippen LogP contribution in [0.3, 0.4) is 0 Å². The Balaban J connectivity index is 2.69. The summed E-state index contributed by atoms with van der Waals surface area (Å²) in [6.07, 6.45) is 0. The molecule has 1 aromatic rings. The van der Waals surface area contributed by atoms with Crippen molar-refractivity contribution in [3.05, 3.63) is 20.8 Å². The lowest BCUT2D eigenvalue weighted by atomic mass is 10.1. The first-order valence-corrected chi connectivity index (χ1v) is 6.69. The van der Waals surface area contributed by atoms with Crippen molar-refractivity contribution in [2.75, 3.05) is 19.6 Å². The molecule has 0 fully saturated rings. The summed E-state index contributed by atoms with van der Waals surface area (Å²) in [7, 11) is 0.